The highest BCUT2D eigenvalue weighted by Gasteiger charge is 2.38. The SMILES string of the molecule is CCC(=O)CCC(C)SSC(C)CCC(=O)Nc1cc(COc2cc3c(cc2C)C(=O)N2c4ccccc4C[C@H]2C=N3)cc(COc2cc3c(cc2OC)C(=O)N2c4ccccc4C[C@H]2C=N3)c1. The van der Waals surface area contributed by atoms with Crippen molar-refractivity contribution in [1.82, 2.24) is 0 Å². The Morgan fingerprint density at radius 1 is 0.706 bits per heavy atom. The number of hydrogen-bond donors (Lipinski definition) is 1. The molecule has 0 saturated heterocycles. The zero-order valence-corrected chi connectivity index (χ0v) is 40.6. The molecule has 1 N–H and O–H groups in total. The minimum atomic E-state index is -0.195. The van der Waals surface area contributed by atoms with Gasteiger partial charge in [0, 0.05) is 84.2 Å². The predicted octanol–water partition coefficient (Wildman–Crippen LogP) is 11.4. The maximum Gasteiger partial charge on any atom is 0.261 e. The number of nitrogens with one attached hydrogen (secondary N) is 1. The van der Waals surface area contributed by atoms with Crippen molar-refractivity contribution in [2.75, 3.05) is 22.2 Å². The number of fused-ring (bicyclic) bond motifs is 8. The van der Waals surface area contributed by atoms with Gasteiger partial charge in [-0.15, -0.1) is 0 Å². The molecule has 0 saturated carbocycles. The zero-order valence-electron chi connectivity index (χ0n) is 39.0. The molecule has 5 aromatic rings. The van der Waals surface area contributed by atoms with Crippen LogP contribution in [0.5, 0.6) is 17.2 Å². The highest BCUT2D eigenvalue weighted by molar-refractivity contribution is 8.77. The summed E-state index contributed by atoms with van der Waals surface area (Å²) >= 11 is 0. The summed E-state index contributed by atoms with van der Waals surface area (Å²) < 4.78 is 18.7. The predicted molar refractivity (Wildman–Crippen MR) is 274 cm³/mol. The van der Waals surface area contributed by atoms with E-state index in [1.54, 1.807) is 45.7 Å². The van der Waals surface area contributed by atoms with Crippen LogP contribution in [0.15, 0.2) is 101 Å². The van der Waals surface area contributed by atoms with Crippen LogP contribution in [0.2, 0.25) is 0 Å². The van der Waals surface area contributed by atoms with Crippen LogP contribution in [0.25, 0.3) is 0 Å². The molecule has 0 radical (unpaired) electrons. The monoisotopic (exact) mass is 949 g/mol. The standard InChI is InChI=1S/C54H55N5O7S2/c1-6-42(60)17-15-33(3)67-68-34(4)16-18-52(61)57-39-21-35(30-65-49-26-45-43(19-32(49)2)53(62)58-40(28-55-45)23-37-11-7-9-13-47(37)58)20-36(22-39)31-66-51-27-46-44(25-50(51)64-5)54(63)59-41(29-56-46)24-38-12-8-10-14-48(38)59/h7-14,19-22,25-29,33-34,40-41H,6,15-18,23-24,30-31H2,1-5H3,(H,57,61)/t33?,34?,40-,41-/m0/s1. The third kappa shape index (κ3) is 10.1. The van der Waals surface area contributed by atoms with Crippen LogP contribution in [-0.2, 0) is 35.6 Å². The number of carbonyl (C=O) groups is 4. The van der Waals surface area contributed by atoms with Crippen LogP contribution in [0.3, 0.4) is 0 Å². The van der Waals surface area contributed by atoms with E-state index in [2.05, 4.69) is 25.2 Å². The van der Waals surface area contributed by atoms with Gasteiger partial charge in [-0.25, -0.2) is 0 Å². The average molecular weight is 950 g/mol. The van der Waals surface area contributed by atoms with E-state index in [4.69, 9.17) is 24.2 Å². The highest BCUT2D eigenvalue weighted by atomic mass is 33.1. The number of carbonyl (C=O) groups excluding carboxylic acids is 4. The summed E-state index contributed by atoms with van der Waals surface area (Å²) in [5, 5.41) is 3.70. The maximum atomic E-state index is 14.0. The lowest BCUT2D eigenvalue weighted by molar-refractivity contribution is -0.119. The fourth-order valence-electron chi connectivity index (χ4n) is 9.10. The molecule has 5 aromatic carbocycles. The van der Waals surface area contributed by atoms with Gasteiger partial charge in [-0.05, 0) is 90.0 Å². The summed E-state index contributed by atoms with van der Waals surface area (Å²) in [4.78, 5) is 66.5. The Bertz CT molecular complexity index is 2850. The van der Waals surface area contributed by atoms with E-state index in [9.17, 15) is 19.2 Å². The molecule has 4 aliphatic rings. The third-order valence-electron chi connectivity index (χ3n) is 12.8. The number of para-hydroxylation sites is 2. The van der Waals surface area contributed by atoms with Crippen molar-refractivity contribution in [2.24, 2.45) is 9.98 Å². The number of Topliss-reactive ketones (excluding diaryl/α,β-unsaturated/α-hetero) is 1. The smallest absolute Gasteiger partial charge is 0.261 e. The van der Waals surface area contributed by atoms with Crippen molar-refractivity contribution >= 4 is 86.0 Å². The van der Waals surface area contributed by atoms with E-state index >= 15 is 0 Å². The molecule has 4 atom stereocenters. The summed E-state index contributed by atoms with van der Waals surface area (Å²) in [6.07, 6.45) is 8.11. The van der Waals surface area contributed by atoms with Crippen LogP contribution in [0, 0.1) is 6.92 Å². The maximum absolute atomic E-state index is 14.0. The van der Waals surface area contributed by atoms with Gasteiger partial charge < -0.3 is 19.5 Å². The molecule has 2 unspecified atom stereocenters. The van der Waals surface area contributed by atoms with E-state index in [0.29, 0.717) is 89.2 Å². The second-order valence-electron chi connectivity index (χ2n) is 17.8. The van der Waals surface area contributed by atoms with Crippen molar-refractivity contribution in [3.05, 3.63) is 130 Å². The topological polar surface area (TPSA) is 139 Å². The number of benzene rings is 5. The Kier molecular flexibility index (Phi) is 14.1. The fourth-order valence-corrected chi connectivity index (χ4v) is 11.6. The molecular formula is C54H55N5O7S2. The minimum absolute atomic E-state index is 0.0905. The number of nitrogens with zero attached hydrogens (tertiary/aromatic N) is 4. The number of aliphatic imine (C=N–C) groups is 2. The van der Waals surface area contributed by atoms with E-state index in [1.807, 2.05) is 104 Å². The Hall–Kier alpha value is -6.38. The van der Waals surface area contributed by atoms with E-state index in [1.165, 1.54) is 0 Å². The van der Waals surface area contributed by atoms with Gasteiger partial charge in [0.05, 0.1) is 41.7 Å². The molecule has 4 heterocycles. The third-order valence-corrected chi connectivity index (χ3v) is 16.3. The number of hydrogen-bond acceptors (Lipinski definition) is 11. The number of aryl methyl sites for hydroxylation is 1. The summed E-state index contributed by atoms with van der Waals surface area (Å²) in [5.41, 5.74) is 8.96. The average Bonchev–Trinajstić information content (AvgIpc) is 3.84. The van der Waals surface area contributed by atoms with Gasteiger partial charge in [-0.2, -0.15) is 0 Å². The van der Waals surface area contributed by atoms with Crippen LogP contribution >= 0.6 is 21.6 Å². The largest absolute Gasteiger partial charge is 0.493 e. The zero-order chi connectivity index (χ0) is 47.5. The lowest BCUT2D eigenvalue weighted by Crippen LogP contribution is -2.37. The van der Waals surface area contributed by atoms with Gasteiger partial charge >= 0.3 is 0 Å². The van der Waals surface area contributed by atoms with Gasteiger partial charge in [0.1, 0.15) is 24.7 Å². The Balaban J connectivity index is 0.922. The van der Waals surface area contributed by atoms with Crippen molar-refractivity contribution in [2.45, 2.75) is 108 Å². The summed E-state index contributed by atoms with van der Waals surface area (Å²) in [5.74, 6) is 1.33. The molecule has 0 bridgehead atoms. The molecule has 0 aliphatic carbocycles. The number of methoxy groups -OCH3 is 1. The summed E-state index contributed by atoms with van der Waals surface area (Å²) in [6, 6.07) is 28.4. The number of amides is 3. The Labute approximate surface area is 405 Å². The van der Waals surface area contributed by atoms with Crippen LogP contribution < -0.4 is 29.3 Å². The lowest BCUT2D eigenvalue weighted by Gasteiger charge is -2.22. The molecule has 3 amide bonds. The molecular weight excluding hydrogens is 895 g/mol. The first kappa shape index (κ1) is 46.7. The molecule has 9 rings (SSSR count). The van der Waals surface area contributed by atoms with E-state index in [-0.39, 0.29) is 54.1 Å². The molecule has 4 aliphatic heterocycles. The number of rotatable bonds is 18. The second-order valence-corrected chi connectivity index (χ2v) is 21.0. The fraction of sp³-hybridized carbons (Fsp3) is 0.333. The first-order chi connectivity index (χ1) is 33.0. The van der Waals surface area contributed by atoms with Crippen molar-refractivity contribution in [3.8, 4) is 17.2 Å². The highest BCUT2D eigenvalue weighted by Crippen LogP contribution is 2.42. The summed E-state index contributed by atoms with van der Waals surface area (Å²) in [6.45, 7) is 8.34. The quantitative estimate of drug-likeness (QED) is 0.0850. The van der Waals surface area contributed by atoms with Crippen LogP contribution in [0.4, 0.5) is 28.4 Å². The van der Waals surface area contributed by atoms with Gasteiger partial charge in [0.25, 0.3) is 11.8 Å². The van der Waals surface area contributed by atoms with Crippen LogP contribution in [0.1, 0.15) is 101 Å². The van der Waals surface area contributed by atoms with Crippen molar-refractivity contribution in [3.63, 3.8) is 0 Å². The van der Waals surface area contributed by atoms with Gasteiger partial charge in [0.15, 0.2) is 11.5 Å². The Morgan fingerprint density at radius 2 is 1.24 bits per heavy atom. The second kappa shape index (κ2) is 20.5. The van der Waals surface area contributed by atoms with Crippen molar-refractivity contribution < 1.29 is 33.4 Å². The van der Waals surface area contributed by atoms with Gasteiger partial charge in [-0.3, -0.25) is 39.0 Å². The molecule has 68 heavy (non-hydrogen) atoms. The Morgan fingerprint density at radius 3 is 1.81 bits per heavy atom. The van der Waals surface area contributed by atoms with E-state index < -0.39 is 0 Å². The first-order valence-electron chi connectivity index (χ1n) is 23.3. The number of ketones is 1. The number of anilines is 3. The molecule has 0 spiro atoms. The van der Waals surface area contributed by atoms with Crippen molar-refractivity contribution in [1.29, 1.82) is 0 Å². The number of ether oxygens (including phenoxy) is 3. The molecule has 14 heteroatoms. The molecule has 350 valence electrons. The minimum Gasteiger partial charge on any atom is -0.493 e. The molecule has 12 nitrogen and oxygen atoms in total. The lowest BCUT2D eigenvalue weighted by atomic mass is 10.1. The summed E-state index contributed by atoms with van der Waals surface area (Å²) in [7, 11) is 5.07. The van der Waals surface area contributed by atoms with Crippen LogP contribution in [-0.4, -0.2) is 65.6 Å². The molecule has 0 aromatic heterocycles. The first-order valence-corrected chi connectivity index (χ1v) is 25.5. The van der Waals surface area contributed by atoms with Gasteiger partial charge in [-0.1, -0.05) is 78.8 Å². The normalized spacial score (nSPS) is 17.2. The molecule has 0 fully saturated rings. The van der Waals surface area contributed by atoms with E-state index in [0.717, 1.165) is 45.6 Å². The van der Waals surface area contributed by atoms with Gasteiger partial charge in [0.2, 0.25) is 5.91 Å².